The highest BCUT2D eigenvalue weighted by Gasteiger charge is 2.17. The van der Waals surface area contributed by atoms with E-state index in [-0.39, 0.29) is 12.1 Å². The van der Waals surface area contributed by atoms with Gasteiger partial charge in [0.15, 0.2) is 5.82 Å². The molecule has 1 aromatic carbocycles. The van der Waals surface area contributed by atoms with Crippen LogP contribution in [0, 0.1) is 5.82 Å². The lowest BCUT2D eigenvalue weighted by Gasteiger charge is -2.07. The zero-order valence-electron chi connectivity index (χ0n) is 9.15. The molecule has 0 saturated heterocycles. The van der Waals surface area contributed by atoms with Crippen molar-refractivity contribution in [3.8, 4) is 0 Å². The predicted molar refractivity (Wildman–Crippen MR) is 63.2 cm³/mol. The van der Waals surface area contributed by atoms with Gasteiger partial charge in [0, 0.05) is 0 Å². The quantitative estimate of drug-likeness (QED) is 0.853. The lowest BCUT2D eigenvalue weighted by molar-refractivity contribution is -0.118. The number of hydrogen-bond acceptors (Lipinski definition) is 2. The maximum Gasteiger partial charge on any atom is 0.237 e. The fourth-order valence-corrected chi connectivity index (χ4v) is 1.92. The number of carbonyl (C=O) groups is 1. The highest BCUT2D eigenvalue weighted by atomic mass is 35.5. The van der Waals surface area contributed by atoms with Gasteiger partial charge in [0.2, 0.25) is 5.91 Å². The third kappa shape index (κ3) is 2.10. The molecule has 1 atom stereocenters. The monoisotopic (exact) mass is 255 g/mol. The number of para-hydroxylation sites is 1. The SMILES string of the molecule is CC(Cl)c1nc2c(F)cccc2n1CC(N)=O. The number of carbonyl (C=O) groups excluding carboxylic acids is 1. The Morgan fingerprint density at radius 2 is 2.35 bits per heavy atom. The maximum atomic E-state index is 13.5. The number of halogens is 2. The average molecular weight is 256 g/mol. The van der Waals surface area contributed by atoms with Gasteiger partial charge < -0.3 is 10.3 Å². The van der Waals surface area contributed by atoms with Crippen molar-refractivity contribution in [3.63, 3.8) is 0 Å². The molecule has 0 fully saturated rings. The summed E-state index contributed by atoms with van der Waals surface area (Å²) in [6.45, 7) is 1.64. The van der Waals surface area contributed by atoms with Gasteiger partial charge in [-0.2, -0.15) is 0 Å². The summed E-state index contributed by atoms with van der Waals surface area (Å²) in [4.78, 5) is 15.1. The number of benzene rings is 1. The van der Waals surface area contributed by atoms with Crippen molar-refractivity contribution in [2.45, 2.75) is 18.8 Å². The molecular formula is C11H11ClFN3O. The van der Waals surface area contributed by atoms with Gasteiger partial charge in [0.25, 0.3) is 0 Å². The number of hydrogen-bond donors (Lipinski definition) is 1. The molecule has 1 heterocycles. The van der Waals surface area contributed by atoms with E-state index in [1.54, 1.807) is 23.6 Å². The summed E-state index contributed by atoms with van der Waals surface area (Å²) in [7, 11) is 0. The molecule has 6 heteroatoms. The largest absolute Gasteiger partial charge is 0.368 e. The first-order valence-corrected chi connectivity index (χ1v) is 5.51. The van der Waals surface area contributed by atoms with Crippen LogP contribution in [0.2, 0.25) is 0 Å². The normalized spacial score (nSPS) is 12.9. The molecular weight excluding hydrogens is 245 g/mol. The first-order chi connectivity index (χ1) is 8.00. The van der Waals surface area contributed by atoms with Gasteiger partial charge in [0.05, 0.1) is 10.9 Å². The van der Waals surface area contributed by atoms with Crippen LogP contribution >= 0.6 is 11.6 Å². The Bertz CT molecular complexity index is 579. The van der Waals surface area contributed by atoms with E-state index in [4.69, 9.17) is 17.3 Å². The zero-order chi connectivity index (χ0) is 12.6. The molecule has 0 saturated carbocycles. The number of nitrogens with two attached hydrogens (primary N) is 1. The second-order valence-corrected chi connectivity index (χ2v) is 4.40. The number of imidazole rings is 1. The van der Waals surface area contributed by atoms with Crippen LogP contribution in [-0.2, 0) is 11.3 Å². The highest BCUT2D eigenvalue weighted by molar-refractivity contribution is 6.20. The van der Waals surface area contributed by atoms with Crippen molar-refractivity contribution in [1.29, 1.82) is 0 Å². The van der Waals surface area contributed by atoms with Gasteiger partial charge in [-0.05, 0) is 19.1 Å². The number of rotatable bonds is 3. The lowest BCUT2D eigenvalue weighted by atomic mass is 10.3. The van der Waals surface area contributed by atoms with Crippen LogP contribution in [0.3, 0.4) is 0 Å². The standard InChI is InChI=1S/C11H11ClFN3O/c1-6(12)11-15-10-7(13)3-2-4-8(10)16(11)5-9(14)17/h2-4,6H,5H2,1H3,(H2,14,17). The molecule has 0 aliphatic heterocycles. The summed E-state index contributed by atoms with van der Waals surface area (Å²) in [6.07, 6.45) is 0. The molecule has 90 valence electrons. The molecule has 1 unspecified atom stereocenters. The summed E-state index contributed by atoms with van der Waals surface area (Å²) in [6, 6.07) is 4.54. The van der Waals surface area contributed by atoms with Gasteiger partial charge in [-0.1, -0.05) is 6.07 Å². The number of amides is 1. The Balaban J connectivity index is 2.71. The van der Waals surface area contributed by atoms with E-state index in [2.05, 4.69) is 4.98 Å². The van der Waals surface area contributed by atoms with Crippen LogP contribution < -0.4 is 5.73 Å². The molecule has 0 aliphatic carbocycles. The van der Waals surface area contributed by atoms with E-state index in [9.17, 15) is 9.18 Å². The first-order valence-electron chi connectivity index (χ1n) is 5.07. The molecule has 1 aromatic heterocycles. The van der Waals surface area contributed by atoms with Crippen molar-refractivity contribution in [1.82, 2.24) is 9.55 Å². The molecule has 17 heavy (non-hydrogen) atoms. The molecule has 4 nitrogen and oxygen atoms in total. The van der Waals surface area contributed by atoms with E-state index < -0.39 is 17.1 Å². The van der Waals surface area contributed by atoms with Crippen molar-refractivity contribution in [2.75, 3.05) is 0 Å². The fourth-order valence-electron chi connectivity index (χ4n) is 1.76. The molecule has 1 amide bonds. The lowest BCUT2D eigenvalue weighted by Crippen LogP contribution is -2.20. The molecule has 0 aliphatic rings. The van der Waals surface area contributed by atoms with Gasteiger partial charge in [-0.15, -0.1) is 11.6 Å². The smallest absolute Gasteiger partial charge is 0.237 e. The summed E-state index contributed by atoms with van der Waals surface area (Å²) in [5, 5.41) is -0.429. The van der Waals surface area contributed by atoms with Crippen molar-refractivity contribution < 1.29 is 9.18 Å². The van der Waals surface area contributed by atoms with Crippen molar-refractivity contribution in [2.24, 2.45) is 5.73 Å². The van der Waals surface area contributed by atoms with Crippen LogP contribution in [0.4, 0.5) is 4.39 Å². The summed E-state index contributed by atoms with van der Waals surface area (Å²) < 4.78 is 15.1. The second kappa shape index (κ2) is 4.33. The van der Waals surface area contributed by atoms with E-state index in [1.165, 1.54) is 6.07 Å². The number of nitrogens with zero attached hydrogens (tertiary/aromatic N) is 2. The highest BCUT2D eigenvalue weighted by Crippen LogP contribution is 2.25. The van der Waals surface area contributed by atoms with Gasteiger partial charge in [-0.25, -0.2) is 9.37 Å². The van der Waals surface area contributed by atoms with Crippen LogP contribution in [0.1, 0.15) is 18.1 Å². The molecule has 0 radical (unpaired) electrons. The van der Waals surface area contributed by atoms with E-state index in [0.29, 0.717) is 11.3 Å². The molecule has 0 bridgehead atoms. The van der Waals surface area contributed by atoms with Gasteiger partial charge >= 0.3 is 0 Å². The number of alkyl halides is 1. The topological polar surface area (TPSA) is 60.9 Å². The Morgan fingerprint density at radius 1 is 1.65 bits per heavy atom. The minimum atomic E-state index is -0.521. The van der Waals surface area contributed by atoms with Crippen molar-refractivity contribution >= 4 is 28.5 Å². The number of fused-ring (bicyclic) bond motifs is 1. The molecule has 2 aromatic rings. The zero-order valence-corrected chi connectivity index (χ0v) is 9.91. The molecule has 2 rings (SSSR count). The van der Waals surface area contributed by atoms with Crippen LogP contribution in [0.25, 0.3) is 11.0 Å². The maximum absolute atomic E-state index is 13.5. The van der Waals surface area contributed by atoms with Crippen molar-refractivity contribution in [3.05, 3.63) is 29.8 Å². The second-order valence-electron chi connectivity index (χ2n) is 3.75. The predicted octanol–water partition coefficient (Wildman–Crippen LogP) is 1.96. The number of primary amides is 1. The number of aromatic nitrogens is 2. The Kier molecular flexibility index (Phi) is 3.02. The van der Waals surface area contributed by atoms with Crippen LogP contribution in [-0.4, -0.2) is 15.5 Å². The summed E-state index contributed by atoms with van der Waals surface area (Å²) >= 11 is 5.96. The first kappa shape index (κ1) is 11.9. The van der Waals surface area contributed by atoms with E-state index in [0.717, 1.165) is 0 Å². The minimum absolute atomic E-state index is 0.0631. The van der Waals surface area contributed by atoms with Crippen LogP contribution in [0.5, 0.6) is 0 Å². The third-order valence-electron chi connectivity index (χ3n) is 2.43. The van der Waals surface area contributed by atoms with Crippen LogP contribution in [0.15, 0.2) is 18.2 Å². The van der Waals surface area contributed by atoms with Gasteiger partial charge in [0.1, 0.15) is 17.9 Å². The Hall–Kier alpha value is -1.62. The van der Waals surface area contributed by atoms with E-state index >= 15 is 0 Å². The van der Waals surface area contributed by atoms with Gasteiger partial charge in [-0.3, -0.25) is 4.79 Å². The third-order valence-corrected chi connectivity index (χ3v) is 2.62. The summed E-state index contributed by atoms with van der Waals surface area (Å²) in [5.74, 6) is -0.526. The molecule has 0 spiro atoms. The summed E-state index contributed by atoms with van der Waals surface area (Å²) in [5.41, 5.74) is 5.88. The minimum Gasteiger partial charge on any atom is -0.368 e. The fraction of sp³-hybridized carbons (Fsp3) is 0.273. The Labute approximate surface area is 102 Å². The Morgan fingerprint density at radius 3 is 2.94 bits per heavy atom. The van der Waals surface area contributed by atoms with E-state index in [1.807, 2.05) is 0 Å². The molecule has 2 N–H and O–H groups in total. The average Bonchev–Trinajstić information content (AvgIpc) is 2.58.